The molecule has 0 spiro atoms. The summed E-state index contributed by atoms with van der Waals surface area (Å²) in [6.07, 6.45) is 4.34. The van der Waals surface area contributed by atoms with Crippen molar-refractivity contribution in [2.75, 3.05) is 0 Å². The first kappa shape index (κ1) is 25.1. The van der Waals surface area contributed by atoms with E-state index < -0.39 is 35.2 Å². The van der Waals surface area contributed by atoms with Crippen molar-refractivity contribution < 1.29 is 25.2 Å². The minimum atomic E-state index is -1.58. The maximum Gasteiger partial charge on any atom is 0.140 e. The maximum absolute atomic E-state index is 13.5. The quantitative estimate of drug-likeness (QED) is 0.479. The molecule has 0 amide bonds. The molecule has 0 aromatic rings. The van der Waals surface area contributed by atoms with Gasteiger partial charge >= 0.3 is 0 Å². The average Bonchev–Trinajstić information content (AvgIpc) is 3.02. The Labute approximate surface area is 199 Å². The van der Waals surface area contributed by atoms with Crippen LogP contribution in [0.25, 0.3) is 0 Å². The number of allylic oxidation sites excluding steroid dienone is 2. The number of hydrogen-bond acceptors (Lipinski definition) is 5. The number of fused-ring (bicyclic) bond motifs is 4. The molecule has 4 aliphatic rings. The Kier molecular flexibility index (Phi) is 6.30. The van der Waals surface area contributed by atoms with Gasteiger partial charge in [0, 0.05) is 24.2 Å². The molecule has 0 unspecified atom stereocenters. The van der Waals surface area contributed by atoms with E-state index in [1.54, 1.807) is 0 Å². The highest BCUT2D eigenvalue weighted by Gasteiger charge is 2.67. The first-order chi connectivity index (χ1) is 15.3. The fourth-order valence-corrected chi connectivity index (χ4v) is 7.81. The van der Waals surface area contributed by atoms with Crippen molar-refractivity contribution in [3.63, 3.8) is 0 Å². The van der Waals surface area contributed by atoms with Gasteiger partial charge < -0.3 is 20.4 Å². The molecule has 186 valence electrons. The molecule has 5 nitrogen and oxygen atoms in total. The van der Waals surface area contributed by atoms with Crippen LogP contribution in [0.15, 0.2) is 23.3 Å². The lowest BCUT2D eigenvalue weighted by Crippen LogP contribution is -2.68. The van der Waals surface area contributed by atoms with Crippen LogP contribution in [0.1, 0.15) is 80.1 Å². The van der Waals surface area contributed by atoms with E-state index in [1.807, 2.05) is 6.92 Å². The number of carbonyl (C=O) groups is 1. The highest BCUT2D eigenvalue weighted by atomic mass is 16.4. The lowest BCUT2D eigenvalue weighted by Gasteiger charge is -2.61. The largest absolute Gasteiger partial charge is 0.393 e. The van der Waals surface area contributed by atoms with Gasteiger partial charge in [0.1, 0.15) is 23.6 Å². The summed E-state index contributed by atoms with van der Waals surface area (Å²) in [5.74, 6) is 1.21. The molecule has 4 rings (SSSR count). The van der Waals surface area contributed by atoms with Crippen LogP contribution in [-0.4, -0.2) is 50.1 Å². The van der Waals surface area contributed by atoms with Crippen molar-refractivity contribution in [1.82, 2.24) is 0 Å². The molecule has 0 saturated heterocycles. The number of hydrogen-bond donors (Lipinski definition) is 4. The van der Waals surface area contributed by atoms with E-state index >= 15 is 0 Å². The smallest absolute Gasteiger partial charge is 0.140 e. The average molecular weight is 461 g/mol. The van der Waals surface area contributed by atoms with Gasteiger partial charge in [0.05, 0.1) is 6.10 Å². The van der Waals surface area contributed by atoms with Crippen LogP contribution in [-0.2, 0) is 4.79 Å². The number of aliphatic hydroxyl groups is 4. The van der Waals surface area contributed by atoms with Gasteiger partial charge in [-0.25, -0.2) is 0 Å². The van der Waals surface area contributed by atoms with Crippen LogP contribution in [0.2, 0.25) is 0 Å². The Bertz CT molecular complexity index is 860. The first-order valence-electron chi connectivity index (χ1n) is 13.0. The number of carbonyl (C=O) groups excluding carboxylic acids is 1. The minimum absolute atomic E-state index is 0.0485. The van der Waals surface area contributed by atoms with Crippen LogP contribution in [0, 0.1) is 40.4 Å². The summed E-state index contributed by atoms with van der Waals surface area (Å²) in [7, 11) is 0. The molecular formula is C28H44O5. The third-order valence-electron chi connectivity index (χ3n) is 10.5. The zero-order valence-electron chi connectivity index (χ0n) is 21.2. The molecule has 0 bridgehead atoms. The molecule has 4 aliphatic carbocycles. The SMILES string of the molecule is CC(C)[C@@H](C)C=C[C@@H](C)[C@H]1CC(=O)[C@@H]2C3=C(CC[C@@]21C)[C@@]1(C)CC[C@H](O)C[C@@]1(O)[C@@H](O)[C@@H]3O. The highest BCUT2D eigenvalue weighted by Crippen LogP contribution is 2.65. The molecule has 2 saturated carbocycles. The second-order valence-corrected chi connectivity index (χ2v) is 12.5. The summed E-state index contributed by atoms with van der Waals surface area (Å²) >= 11 is 0. The maximum atomic E-state index is 13.5. The van der Waals surface area contributed by atoms with E-state index in [2.05, 4.69) is 46.8 Å². The summed E-state index contributed by atoms with van der Waals surface area (Å²) in [6.45, 7) is 13.0. The molecule has 0 heterocycles. The van der Waals surface area contributed by atoms with E-state index in [1.165, 1.54) is 0 Å². The Hall–Kier alpha value is -1.01. The van der Waals surface area contributed by atoms with Crippen LogP contribution >= 0.6 is 0 Å². The first-order valence-corrected chi connectivity index (χ1v) is 13.0. The predicted octanol–water partition coefficient (Wildman–Crippen LogP) is 3.79. The number of rotatable bonds is 4. The summed E-state index contributed by atoms with van der Waals surface area (Å²) in [4.78, 5) is 13.5. The summed E-state index contributed by atoms with van der Waals surface area (Å²) in [5, 5.41) is 44.3. The zero-order chi connectivity index (χ0) is 24.5. The van der Waals surface area contributed by atoms with E-state index in [4.69, 9.17) is 0 Å². The summed E-state index contributed by atoms with van der Waals surface area (Å²) < 4.78 is 0. The Balaban J connectivity index is 1.73. The molecule has 10 atom stereocenters. The molecule has 0 aliphatic heterocycles. The van der Waals surface area contributed by atoms with Crippen LogP contribution < -0.4 is 0 Å². The standard InChI is InChI=1S/C28H44O5/c1-15(2)16(3)7-8-17(4)20-13-21(30)23-22-19(10-11-26(20,23)5)27(6)12-9-18(29)14-28(27,33)25(32)24(22)31/h7-8,15-18,20,23-25,29,31-33H,9-14H2,1-6H3/t16-,17+,18-,20+,23+,24+,25-,26+,27+,28+/m0/s1. The van der Waals surface area contributed by atoms with Crippen molar-refractivity contribution in [2.24, 2.45) is 40.4 Å². The second kappa shape index (κ2) is 8.29. The molecule has 2 fully saturated rings. The Morgan fingerprint density at radius 1 is 1.03 bits per heavy atom. The molecule has 33 heavy (non-hydrogen) atoms. The summed E-state index contributed by atoms with van der Waals surface area (Å²) in [6, 6.07) is 0. The lowest BCUT2D eigenvalue weighted by atomic mass is 9.47. The van der Waals surface area contributed by atoms with Crippen LogP contribution in [0.5, 0.6) is 0 Å². The molecule has 0 radical (unpaired) electrons. The van der Waals surface area contributed by atoms with Crippen molar-refractivity contribution >= 4 is 5.78 Å². The monoisotopic (exact) mass is 460 g/mol. The fourth-order valence-electron chi connectivity index (χ4n) is 7.81. The van der Waals surface area contributed by atoms with Gasteiger partial charge in [-0.05, 0) is 60.3 Å². The van der Waals surface area contributed by atoms with Crippen molar-refractivity contribution in [3.05, 3.63) is 23.3 Å². The molecule has 0 aromatic heterocycles. The van der Waals surface area contributed by atoms with Gasteiger partial charge in [-0.15, -0.1) is 0 Å². The van der Waals surface area contributed by atoms with E-state index in [0.29, 0.717) is 43.1 Å². The van der Waals surface area contributed by atoms with Gasteiger partial charge in [-0.3, -0.25) is 4.79 Å². The van der Waals surface area contributed by atoms with Crippen LogP contribution in [0.4, 0.5) is 0 Å². The van der Waals surface area contributed by atoms with Crippen molar-refractivity contribution in [3.8, 4) is 0 Å². The minimum Gasteiger partial charge on any atom is -0.393 e. The Morgan fingerprint density at radius 3 is 2.33 bits per heavy atom. The third kappa shape index (κ3) is 3.52. The summed E-state index contributed by atoms with van der Waals surface area (Å²) in [5.41, 5.74) is -0.956. The number of aliphatic hydroxyl groups excluding tert-OH is 3. The van der Waals surface area contributed by atoms with Crippen LogP contribution in [0.3, 0.4) is 0 Å². The van der Waals surface area contributed by atoms with E-state index in [-0.39, 0.29) is 29.5 Å². The van der Waals surface area contributed by atoms with E-state index in [9.17, 15) is 25.2 Å². The zero-order valence-corrected chi connectivity index (χ0v) is 21.2. The highest BCUT2D eigenvalue weighted by molar-refractivity contribution is 5.88. The number of ketones is 1. The van der Waals surface area contributed by atoms with Crippen molar-refractivity contribution in [1.29, 1.82) is 0 Å². The predicted molar refractivity (Wildman–Crippen MR) is 128 cm³/mol. The third-order valence-corrected chi connectivity index (χ3v) is 10.5. The van der Waals surface area contributed by atoms with Gasteiger partial charge in [-0.2, -0.15) is 0 Å². The Morgan fingerprint density at radius 2 is 1.70 bits per heavy atom. The van der Waals surface area contributed by atoms with Gasteiger partial charge in [0.2, 0.25) is 0 Å². The van der Waals surface area contributed by atoms with Gasteiger partial charge in [0.25, 0.3) is 0 Å². The normalized spacial score (nSPS) is 47.5. The fraction of sp³-hybridized carbons (Fsp3) is 0.821. The molecule has 4 N–H and O–H groups in total. The molecule has 0 aromatic carbocycles. The van der Waals surface area contributed by atoms with E-state index in [0.717, 1.165) is 12.0 Å². The second-order valence-electron chi connectivity index (χ2n) is 12.5. The van der Waals surface area contributed by atoms with Crippen molar-refractivity contribution in [2.45, 2.75) is 104 Å². The topological polar surface area (TPSA) is 98.0 Å². The lowest BCUT2D eigenvalue weighted by molar-refractivity contribution is -0.215. The number of Topliss-reactive ketones (excluding diaryl/α,β-unsaturated/α-hetero) is 1. The molecular weight excluding hydrogens is 416 g/mol. The van der Waals surface area contributed by atoms with Gasteiger partial charge in [0.15, 0.2) is 0 Å². The van der Waals surface area contributed by atoms with Gasteiger partial charge in [-0.1, -0.05) is 59.3 Å². The molecule has 5 heteroatoms.